The highest BCUT2D eigenvalue weighted by atomic mass is 79.9. The van der Waals surface area contributed by atoms with Gasteiger partial charge in [0.2, 0.25) is 0 Å². The summed E-state index contributed by atoms with van der Waals surface area (Å²) < 4.78 is 0. The summed E-state index contributed by atoms with van der Waals surface area (Å²) in [5, 5.41) is 28.8. The third kappa shape index (κ3) is 2.81. The van der Waals surface area contributed by atoms with Gasteiger partial charge in [-0.3, -0.25) is 4.79 Å². The lowest BCUT2D eigenvalue weighted by Crippen LogP contribution is -2.19. The molecule has 1 rings (SSSR count). The van der Waals surface area contributed by atoms with E-state index in [-0.39, 0.29) is 22.4 Å². The van der Waals surface area contributed by atoms with Crippen molar-refractivity contribution in [3.05, 3.63) is 29.3 Å². The molecule has 16 heavy (non-hydrogen) atoms. The van der Waals surface area contributed by atoms with E-state index in [2.05, 4.69) is 15.9 Å². The first-order valence-electron chi connectivity index (χ1n) is 4.73. The second-order valence-electron chi connectivity index (χ2n) is 3.50. The third-order valence-electron chi connectivity index (χ3n) is 2.27. The second kappa shape index (κ2) is 5.43. The molecule has 1 aromatic carbocycles. The van der Waals surface area contributed by atoms with Gasteiger partial charge in [0, 0.05) is 5.33 Å². The molecule has 0 heterocycles. The number of rotatable bonds is 4. The number of benzene rings is 1. The van der Waals surface area contributed by atoms with E-state index in [0.29, 0.717) is 5.56 Å². The van der Waals surface area contributed by atoms with Crippen molar-refractivity contribution in [1.82, 2.24) is 0 Å². The summed E-state index contributed by atoms with van der Waals surface area (Å²) in [5.74, 6) is -0.439. The van der Waals surface area contributed by atoms with Crippen LogP contribution >= 0.6 is 15.9 Å². The van der Waals surface area contributed by atoms with Crippen LogP contribution in [0.4, 0.5) is 0 Å². The van der Waals surface area contributed by atoms with Crippen molar-refractivity contribution in [2.75, 3.05) is 5.33 Å². The van der Waals surface area contributed by atoms with Gasteiger partial charge in [0.25, 0.3) is 0 Å². The van der Waals surface area contributed by atoms with Gasteiger partial charge in [0.15, 0.2) is 5.78 Å². The number of aromatic hydroxyl groups is 1. The quantitative estimate of drug-likeness (QED) is 0.578. The zero-order valence-electron chi connectivity index (χ0n) is 8.72. The van der Waals surface area contributed by atoms with Crippen molar-refractivity contribution in [3.8, 4) is 5.75 Å². The Bertz CT molecular complexity index is 392. The summed E-state index contributed by atoms with van der Waals surface area (Å²) >= 11 is 3.04. The fraction of sp³-hybridized carbons (Fsp3) is 0.364. The minimum Gasteiger partial charge on any atom is -0.507 e. The number of halogens is 1. The van der Waals surface area contributed by atoms with Crippen LogP contribution in [0.2, 0.25) is 0 Å². The normalized spacial score (nSPS) is 14.5. The number of phenolic OH excluding ortho intramolecular Hbond substituents is 1. The van der Waals surface area contributed by atoms with Crippen molar-refractivity contribution < 1.29 is 20.1 Å². The third-order valence-corrected chi connectivity index (χ3v) is 2.93. The maximum atomic E-state index is 11.1. The van der Waals surface area contributed by atoms with Gasteiger partial charge in [0.05, 0.1) is 11.7 Å². The molecule has 4 nitrogen and oxygen atoms in total. The molecule has 0 radical (unpaired) electrons. The number of alkyl halides is 1. The Hall–Kier alpha value is -0.910. The first-order chi connectivity index (χ1) is 7.47. The van der Waals surface area contributed by atoms with E-state index in [9.17, 15) is 20.1 Å². The Labute approximate surface area is 102 Å². The average Bonchev–Trinajstić information content (AvgIpc) is 2.26. The number of aliphatic hydroxyl groups excluding tert-OH is 2. The molecular weight excluding hydrogens is 276 g/mol. The standard InChI is InChI=1S/C11H13BrO4/c1-6(13)8-3-2-7(4-9(8)14)11(16)10(15)5-12/h2-4,10-11,14-16H,5H2,1H3. The molecule has 1 aromatic rings. The van der Waals surface area contributed by atoms with Crippen molar-refractivity contribution >= 4 is 21.7 Å². The van der Waals surface area contributed by atoms with E-state index in [0.717, 1.165) is 0 Å². The number of Topliss-reactive ketones (excluding diaryl/α,β-unsaturated/α-hetero) is 1. The lowest BCUT2D eigenvalue weighted by Gasteiger charge is -2.16. The first kappa shape index (κ1) is 13.2. The van der Waals surface area contributed by atoms with Gasteiger partial charge in [-0.1, -0.05) is 22.0 Å². The van der Waals surface area contributed by atoms with E-state index in [1.54, 1.807) is 0 Å². The number of ketones is 1. The van der Waals surface area contributed by atoms with Gasteiger partial charge < -0.3 is 15.3 Å². The molecule has 2 unspecified atom stereocenters. The van der Waals surface area contributed by atoms with Crippen LogP contribution in [0.5, 0.6) is 5.75 Å². The van der Waals surface area contributed by atoms with Crippen LogP contribution in [0.15, 0.2) is 18.2 Å². The van der Waals surface area contributed by atoms with Crippen molar-refractivity contribution in [3.63, 3.8) is 0 Å². The zero-order chi connectivity index (χ0) is 12.3. The monoisotopic (exact) mass is 288 g/mol. The van der Waals surface area contributed by atoms with E-state index in [1.807, 2.05) is 0 Å². The maximum Gasteiger partial charge on any atom is 0.163 e. The number of phenols is 1. The van der Waals surface area contributed by atoms with Crippen LogP contribution in [0, 0.1) is 0 Å². The number of aliphatic hydroxyl groups is 2. The van der Waals surface area contributed by atoms with Crippen molar-refractivity contribution in [2.24, 2.45) is 0 Å². The largest absolute Gasteiger partial charge is 0.507 e. The molecular formula is C11H13BrO4. The Morgan fingerprint density at radius 2 is 2.06 bits per heavy atom. The number of carbonyl (C=O) groups excluding carboxylic acids is 1. The Morgan fingerprint density at radius 3 is 2.50 bits per heavy atom. The lowest BCUT2D eigenvalue weighted by molar-refractivity contribution is 0.0341. The lowest BCUT2D eigenvalue weighted by atomic mass is 10.0. The van der Waals surface area contributed by atoms with Crippen LogP contribution in [0.25, 0.3) is 0 Å². The SMILES string of the molecule is CC(=O)c1ccc(C(O)C(O)CBr)cc1O. The second-order valence-corrected chi connectivity index (χ2v) is 4.15. The topological polar surface area (TPSA) is 77.8 Å². The molecule has 0 saturated carbocycles. The van der Waals surface area contributed by atoms with Crippen molar-refractivity contribution in [2.45, 2.75) is 19.1 Å². The van der Waals surface area contributed by atoms with Crippen LogP contribution < -0.4 is 0 Å². The molecule has 0 fully saturated rings. The number of hydrogen-bond acceptors (Lipinski definition) is 4. The molecule has 3 N–H and O–H groups in total. The zero-order valence-corrected chi connectivity index (χ0v) is 10.3. The molecule has 0 aliphatic heterocycles. The molecule has 0 aliphatic rings. The highest BCUT2D eigenvalue weighted by Crippen LogP contribution is 2.25. The van der Waals surface area contributed by atoms with Gasteiger partial charge in [-0.15, -0.1) is 0 Å². The minimum absolute atomic E-state index is 0.189. The van der Waals surface area contributed by atoms with E-state index in [4.69, 9.17) is 0 Å². The highest BCUT2D eigenvalue weighted by molar-refractivity contribution is 9.09. The molecule has 0 amide bonds. The molecule has 2 atom stereocenters. The van der Waals surface area contributed by atoms with Gasteiger partial charge >= 0.3 is 0 Å². The molecule has 0 spiro atoms. The molecule has 0 saturated heterocycles. The van der Waals surface area contributed by atoms with Gasteiger partial charge in [0.1, 0.15) is 11.9 Å². The predicted octanol–water partition coefficient (Wildman–Crippen LogP) is 1.38. The van der Waals surface area contributed by atoms with Crippen LogP contribution in [-0.2, 0) is 0 Å². The predicted molar refractivity (Wildman–Crippen MR) is 62.9 cm³/mol. The van der Waals surface area contributed by atoms with E-state index in [1.165, 1.54) is 25.1 Å². The van der Waals surface area contributed by atoms with Crippen LogP contribution in [0.1, 0.15) is 28.9 Å². The average molecular weight is 289 g/mol. The smallest absolute Gasteiger partial charge is 0.163 e. The molecule has 0 aliphatic carbocycles. The fourth-order valence-electron chi connectivity index (χ4n) is 1.34. The van der Waals surface area contributed by atoms with Crippen molar-refractivity contribution in [1.29, 1.82) is 0 Å². The Kier molecular flexibility index (Phi) is 4.46. The van der Waals surface area contributed by atoms with E-state index >= 15 is 0 Å². The summed E-state index contributed by atoms with van der Waals surface area (Å²) in [6.07, 6.45) is -2.05. The summed E-state index contributed by atoms with van der Waals surface area (Å²) in [5.41, 5.74) is 0.568. The molecule has 5 heteroatoms. The minimum atomic E-state index is -1.09. The summed E-state index contributed by atoms with van der Waals surface area (Å²) in [6.45, 7) is 1.35. The summed E-state index contributed by atoms with van der Waals surface area (Å²) in [7, 11) is 0. The Balaban J connectivity index is 3.01. The fourth-order valence-corrected chi connectivity index (χ4v) is 1.69. The number of carbonyl (C=O) groups is 1. The highest BCUT2D eigenvalue weighted by Gasteiger charge is 2.18. The van der Waals surface area contributed by atoms with Crippen LogP contribution in [-0.4, -0.2) is 32.5 Å². The molecule has 0 bridgehead atoms. The van der Waals surface area contributed by atoms with E-state index < -0.39 is 12.2 Å². The summed E-state index contributed by atoms with van der Waals surface area (Å²) in [4.78, 5) is 11.1. The Morgan fingerprint density at radius 1 is 1.44 bits per heavy atom. The van der Waals surface area contributed by atoms with Gasteiger partial charge in [-0.05, 0) is 24.6 Å². The van der Waals surface area contributed by atoms with Gasteiger partial charge in [-0.2, -0.15) is 0 Å². The maximum absolute atomic E-state index is 11.1. The first-order valence-corrected chi connectivity index (χ1v) is 5.85. The molecule has 88 valence electrons. The number of hydrogen-bond donors (Lipinski definition) is 3. The van der Waals surface area contributed by atoms with Gasteiger partial charge in [-0.25, -0.2) is 0 Å². The summed E-state index contributed by atoms with van der Waals surface area (Å²) in [6, 6.07) is 4.22. The van der Waals surface area contributed by atoms with Crippen LogP contribution in [0.3, 0.4) is 0 Å². The molecule has 0 aromatic heterocycles.